The molecule has 5 heteroatoms. The Hall–Kier alpha value is -2.79. The number of aldehydes is 1. The highest BCUT2D eigenvalue weighted by molar-refractivity contribution is 7.16. The summed E-state index contributed by atoms with van der Waals surface area (Å²) in [6.45, 7) is 4.10. The zero-order valence-electron chi connectivity index (χ0n) is 14.1. The van der Waals surface area contributed by atoms with Crippen molar-refractivity contribution >= 4 is 22.6 Å². The van der Waals surface area contributed by atoms with Gasteiger partial charge in [-0.15, -0.1) is 0 Å². The van der Waals surface area contributed by atoms with Crippen molar-refractivity contribution in [2.75, 3.05) is 0 Å². The smallest absolute Gasteiger partial charge is 0.213 e. The highest BCUT2D eigenvalue weighted by Gasteiger charge is 2.18. The van der Waals surface area contributed by atoms with Gasteiger partial charge in [0, 0.05) is 12.0 Å². The number of hydrogen-bond donors (Lipinski definition) is 0. The number of fused-ring (bicyclic) bond motifs is 1. The second kappa shape index (κ2) is 6.26. The molecule has 2 aromatic carbocycles. The molecule has 0 aliphatic rings. The number of carbonyl (C=O) groups is 1. The number of aryl methyl sites for hydroxylation is 2. The van der Waals surface area contributed by atoms with Gasteiger partial charge in [0.15, 0.2) is 6.29 Å². The van der Waals surface area contributed by atoms with Gasteiger partial charge in [0.25, 0.3) is 0 Å². The van der Waals surface area contributed by atoms with Gasteiger partial charge in [-0.1, -0.05) is 65.4 Å². The molecule has 0 N–H and O–H groups in total. The fraction of sp³-hybridized carbons (Fsp3) is 0.150. The fourth-order valence-corrected chi connectivity index (χ4v) is 3.96. The van der Waals surface area contributed by atoms with E-state index in [1.54, 1.807) is 4.52 Å². The summed E-state index contributed by atoms with van der Waals surface area (Å²) in [6.07, 6.45) is 1.59. The van der Waals surface area contributed by atoms with E-state index in [0.29, 0.717) is 11.4 Å². The molecule has 25 heavy (non-hydrogen) atoms. The lowest BCUT2D eigenvalue weighted by atomic mass is 10.0. The van der Waals surface area contributed by atoms with Crippen LogP contribution in [0.2, 0.25) is 0 Å². The van der Waals surface area contributed by atoms with E-state index in [1.165, 1.54) is 22.5 Å². The molecule has 0 bridgehead atoms. The van der Waals surface area contributed by atoms with Gasteiger partial charge in [-0.3, -0.25) is 4.79 Å². The highest BCUT2D eigenvalue weighted by atomic mass is 32.1. The normalized spacial score (nSPS) is 11.1. The number of aromatic nitrogens is 3. The summed E-state index contributed by atoms with van der Waals surface area (Å²) in [5.41, 5.74) is 5.70. The zero-order valence-corrected chi connectivity index (χ0v) is 14.9. The maximum Gasteiger partial charge on any atom is 0.213 e. The van der Waals surface area contributed by atoms with Crippen LogP contribution in [0.3, 0.4) is 0 Å². The molecule has 0 spiro atoms. The summed E-state index contributed by atoms with van der Waals surface area (Å²) in [4.78, 5) is 17.2. The molecule has 0 aliphatic heterocycles. The zero-order chi connectivity index (χ0) is 17.4. The molecule has 0 saturated carbocycles. The van der Waals surface area contributed by atoms with E-state index in [4.69, 9.17) is 4.98 Å². The molecule has 2 heterocycles. The molecule has 0 aliphatic carbocycles. The Balaban J connectivity index is 1.78. The minimum atomic E-state index is 0.512. The lowest BCUT2D eigenvalue weighted by molar-refractivity contribution is 0.111. The molecule has 4 nitrogen and oxygen atoms in total. The molecule has 0 atom stereocenters. The molecule has 124 valence electrons. The molecular weight excluding hydrogens is 330 g/mol. The Kier molecular flexibility index (Phi) is 3.93. The topological polar surface area (TPSA) is 47.3 Å². The van der Waals surface area contributed by atoms with Crippen LogP contribution in [-0.2, 0) is 6.42 Å². The third kappa shape index (κ3) is 2.87. The molecule has 0 amide bonds. The van der Waals surface area contributed by atoms with Gasteiger partial charge in [-0.2, -0.15) is 9.61 Å². The average Bonchev–Trinajstić information content (AvgIpc) is 3.12. The Morgan fingerprint density at radius 3 is 2.64 bits per heavy atom. The van der Waals surface area contributed by atoms with Crippen molar-refractivity contribution in [3.63, 3.8) is 0 Å². The van der Waals surface area contributed by atoms with Crippen LogP contribution >= 0.6 is 11.3 Å². The SMILES string of the molecule is Cc1ccc(-c2nc3sc(Cc4ccccc4)nn3c2C=O)c(C)c1. The summed E-state index contributed by atoms with van der Waals surface area (Å²) in [5, 5.41) is 5.56. The maximum atomic E-state index is 11.7. The summed E-state index contributed by atoms with van der Waals surface area (Å²) in [5.74, 6) is 0. The van der Waals surface area contributed by atoms with Crippen LogP contribution in [0.15, 0.2) is 48.5 Å². The van der Waals surface area contributed by atoms with E-state index >= 15 is 0 Å². The summed E-state index contributed by atoms with van der Waals surface area (Å²) < 4.78 is 1.67. The number of nitrogens with zero attached hydrogens (tertiary/aromatic N) is 3. The van der Waals surface area contributed by atoms with E-state index in [2.05, 4.69) is 30.2 Å². The van der Waals surface area contributed by atoms with Gasteiger partial charge in [-0.05, 0) is 25.0 Å². The van der Waals surface area contributed by atoms with Gasteiger partial charge in [0.2, 0.25) is 4.96 Å². The molecule has 4 aromatic rings. The number of imidazole rings is 1. The van der Waals surface area contributed by atoms with E-state index < -0.39 is 0 Å². The second-order valence-corrected chi connectivity index (χ2v) is 7.17. The summed E-state index contributed by atoms with van der Waals surface area (Å²) in [6, 6.07) is 16.3. The van der Waals surface area contributed by atoms with Gasteiger partial charge in [-0.25, -0.2) is 4.98 Å². The average molecular weight is 347 g/mol. The van der Waals surface area contributed by atoms with Gasteiger partial charge in [0.05, 0.1) is 0 Å². The summed E-state index contributed by atoms with van der Waals surface area (Å²) in [7, 11) is 0. The number of hydrogen-bond acceptors (Lipinski definition) is 4. The van der Waals surface area contributed by atoms with Crippen molar-refractivity contribution < 1.29 is 4.79 Å². The first-order chi connectivity index (χ1) is 12.2. The van der Waals surface area contributed by atoms with Crippen molar-refractivity contribution in [1.82, 2.24) is 14.6 Å². The molecule has 0 saturated heterocycles. The standard InChI is InChI=1S/C20H17N3OS/c1-13-8-9-16(14(2)10-13)19-17(12-24)23-20(21-19)25-18(22-23)11-15-6-4-3-5-7-15/h3-10,12H,11H2,1-2H3. The van der Waals surface area contributed by atoms with Crippen LogP contribution < -0.4 is 0 Å². The first kappa shape index (κ1) is 15.7. The van der Waals surface area contributed by atoms with E-state index in [1.807, 2.05) is 37.3 Å². The maximum absolute atomic E-state index is 11.7. The Labute approximate surface area is 149 Å². The highest BCUT2D eigenvalue weighted by Crippen LogP contribution is 2.29. The van der Waals surface area contributed by atoms with Gasteiger partial charge in [0.1, 0.15) is 16.4 Å². The molecule has 2 aromatic heterocycles. The van der Waals surface area contributed by atoms with Gasteiger partial charge < -0.3 is 0 Å². The van der Waals surface area contributed by atoms with Crippen LogP contribution in [0, 0.1) is 13.8 Å². The largest absolute Gasteiger partial charge is 0.296 e. The fourth-order valence-electron chi connectivity index (χ4n) is 3.03. The number of benzene rings is 2. The summed E-state index contributed by atoms with van der Waals surface area (Å²) >= 11 is 1.53. The quantitative estimate of drug-likeness (QED) is 0.511. The van der Waals surface area contributed by atoms with E-state index in [0.717, 1.165) is 33.8 Å². The lowest BCUT2D eigenvalue weighted by Crippen LogP contribution is -1.97. The minimum absolute atomic E-state index is 0.512. The van der Waals surface area contributed by atoms with Gasteiger partial charge >= 0.3 is 0 Å². The first-order valence-electron chi connectivity index (χ1n) is 8.11. The monoisotopic (exact) mass is 347 g/mol. The van der Waals surface area contributed by atoms with Crippen molar-refractivity contribution in [2.45, 2.75) is 20.3 Å². The Morgan fingerprint density at radius 1 is 1.12 bits per heavy atom. The minimum Gasteiger partial charge on any atom is -0.296 e. The van der Waals surface area contributed by atoms with E-state index in [-0.39, 0.29) is 0 Å². The molecule has 4 rings (SSSR count). The van der Waals surface area contributed by atoms with Crippen molar-refractivity contribution in [3.05, 3.63) is 75.9 Å². The van der Waals surface area contributed by atoms with Crippen molar-refractivity contribution in [2.24, 2.45) is 0 Å². The van der Waals surface area contributed by atoms with Crippen LogP contribution in [0.5, 0.6) is 0 Å². The third-order valence-corrected chi connectivity index (χ3v) is 5.14. The van der Waals surface area contributed by atoms with Crippen LogP contribution in [0.4, 0.5) is 0 Å². The van der Waals surface area contributed by atoms with Crippen LogP contribution in [0.25, 0.3) is 16.2 Å². The third-order valence-electron chi connectivity index (χ3n) is 4.23. The molecular formula is C20H17N3OS. The van der Waals surface area contributed by atoms with E-state index in [9.17, 15) is 4.79 Å². The Morgan fingerprint density at radius 2 is 1.92 bits per heavy atom. The van der Waals surface area contributed by atoms with Crippen LogP contribution in [-0.4, -0.2) is 20.9 Å². The van der Waals surface area contributed by atoms with Crippen molar-refractivity contribution in [1.29, 1.82) is 0 Å². The Bertz CT molecular complexity index is 1060. The van der Waals surface area contributed by atoms with Crippen molar-refractivity contribution in [3.8, 4) is 11.3 Å². The molecule has 0 fully saturated rings. The number of carbonyl (C=O) groups excluding carboxylic acids is 1. The second-order valence-electron chi connectivity index (χ2n) is 6.13. The number of rotatable bonds is 4. The molecule has 0 radical (unpaired) electrons. The predicted octanol–water partition coefficient (Wildman–Crippen LogP) is 4.48. The first-order valence-corrected chi connectivity index (χ1v) is 8.92. The lowest BCUT2D eigenvalue weighted by Gasteiger charge is -2.04. The predicted molar refractivity (Wildman–Crippen MR) is 100 cm³/mol. The van der Waals surface area contributed by atoms with Crippen LogP contribution in [0.1, 0.15) is 32.2 Å². The molecule has 0 unspecified atom stereocenters.